The highest BCUT2D eigenvalue weighted by molar-refractivity contribution is 6.39. The van der Waals surface area contributed by atoms with Crippen molar-refractivity contribution in [3.8, 4) is 28.0 Å². The van der Waals surface area contributed by atoms with Gasteiger partial charge in [0, 0.05) is 60.3 Å². The molecule has 7 nitrogen and oxygen atoms in total. The lowest BCUT2D eigenvalue weighted by atomic mass is 10.0. The highest BCUT2D eigenvalue weighted by Gasteiger charge is 2.20. The van der Waals surface area contributed by atoms with Gasteiger partial charge >= 0.3 is 0 Å². The third-order valence-corrected chi connectivity index (χ3v) is 5.35. The summed E-state index contributed by atoms with van der Waals surface area (Å²) in [5, 5.41) is 0.975. The zero-order valence-electron chi connectivity index (χ0n) is 17.0. The summed E-state index contributed by atoms with van der Waals surface area (Å²) < 4.78 is 19.4. The summed E-state index contributed by atoms with van der Waals surface area (Å²) in [4.78, 5) is 25.5. The second kappa shape index (κ2) is 7.88. The van der Waals surface area contributed by atoms with Gasteiger partial charge in [0.05, 0.1) is 17.7 Å². The fourth-order valence-corrected chi connectivity index (χ4v) is 3.75. The third-order valence-electron chi connectivity index (χ3n) is 4.96. The number of carbonyl (C=O) groups is 1. The Kier molecular flexibility index (Phi) is 5.24. The molecule has 4 rings (SSSR count). The molecule has 0 bridgehead atoms. The largest absolute Gasteiger partial charge is 0.496 e. The van der Waals surface area contributed by atoms with Crippen LogP contribution in [0.5, 0.6) is 5.75 Å². The van der Waals surface area contributed by atoms with Crippen LogP contribution in [0.25, 0.3) is 33.3 Å². The van der Waals surface area contributed by atoms with Crippen LogP contribution in [0, 0.1) is 5.82 Å². The summed E-state index contributed by atoms with van der Waals surface area (Å²) in [6.07, 6.45) is 4.82. The first-order valence-corrected chi connectivity index (χ1v) is 9.66. The first kappa shape index (κ1) is 20.6. The average Bonchev–Trinajstić information content (AvgIpc) is 3.19. The van der Waals surface area contributed by atoms with Crippen molar-refractivity contribution < 1.29 is 13.9 Å². The van der Waals surface area contributed by atoms with E-state index in [4.69, 9.17) is 22.1 Å². The topological polar surface area (TPSA) is 97.1 Å². The number of nitrogens with two attached hydrogens (primary N) is 1. The van der Waals surface area contributed by atoms with Gasteiger partial charge in [0.25, 0.3) is 5.91 Å². The Labute approximate surface area is 182 Å². The Balaban J connectivity index is 1.93. The molecule has 4 aromatic rings. The van der Waals surface area contributed by atoms with Crippen LogP contribution < -0.4 is 10.5 Å². The fraction of sp³-hybridized carbons (Fsp3) is 0.136. The average molecular weight is 440 g/mol. The minimum atomic E-state index is -0.403. The first-order chi connectivity index (χ1) is 14.8. The van der Waals surface area contributed by atoms with E-state index in [-0.39, 0.29) is 17.3 Å². The summed E-state index contributed by atoms with van der Waals surface area (Å²) in [6.45, 7) is 0. The lowest BCUT2D eigenvalue weighted by Gasteiger charge is -2.14. The van der Waals surface area contributed by atoms with Crippen molar-refractivity contribution in [1.29, 1.82) is 0 Å². The van der Waals surface area contributed by atoms with E-state index in [1.54, 1.807) is 38.6 Å². The maximum absolute atomic E-state index is 14.0. The van der Waals surface area contributed by atoms with Crippen LogP contribution >= 0.6 is 11.6 Å². The van der Waals surface area contributed by atoms with Crippen LogP contribution in [0.1, 0.15) is 10.4 Å². The number of amides is 1. The van der Waals surface area contributed by atoms with Gasteiger partial charge in [0.2, 0.25) is 0 Å². The number of hydrogen-bond donors (Lipinski definition) is 2. The number of nitrogens with one attached hydrogen (secondary N) is 1. The SMILES string of the molecule is COc1ccc(F)cc1-c1c[nH]c2ncc(-c3cnc(N)c(C(=O)N(C)C)c3)c(Cl)c12. The molecule has 1 aromatic carbocycles. The molecule has 31 heavy (non-hydrogen) atoms. The van der Waals surface area contributed by atoms with Crippen LogP contribution in [-0.4, -0.2) is 47.0 Å². The van der Waals surface area contributed by atoms with E-state index in [2.05, 4.69) is 15.0 Å². The number of rotatable bonds is 4. The molecular weight excluding hydrogens is 421 g/mol. The van der Waals surface area contributed by atoms with Crippen molar-refractivity contribution >= 4 is 34.4 Å². The second-order valence-electron chi connectivity index (χ2n) is 7.11. The minimum absolute atomic E-state index is 0.124. The summed E-state index contributed by atoms with van der Waals surface area (Å²) in [5.41, 5.74) is 9.01. The van der Waals surface area contributed by atoms with Crippen LogP contribution in [0.4, 0.5) is 10.2 Å². The highest BCUT2D eigenvalue weighted by Crippen LogP contribution is 2.41. The zero-order valence-corrected chi connectivity index (χ0v) is 17.8. The van der Waals surface area contributed by atoms with E-state index in [9.17, 15) is 9.18 Å². The Morgan fingerprint density at radius 3 is 2.65 bits per heavy atom. The molecule has 0 atom stereocenters. The molecule has 0 saturated heterocycles. The number of halogens is 2. The summed E-state index contributed by atoms with van der Waals surface area (Å²) in [7, 11) is 4.78. The number of anilines is 1. The number of carbonyl (C=O) groups excluding carboxylic acids is 1. The quantitative estimate of drug-likeness (QED) is 0.492. The number of nitrogen functional groups attached to an aromatic ring is 1. The monoisotopic (exact) mass is 439 g/mol. The maximum atomic E-state index is 14.0. The van der Waals surface area contributed by atoms with E-state index in [0.29, 0.717) is 44.1 Å². The van der Waals surface area contributed by atoms with Gasteiger partial charge in [0.15, 0.2) is 0 Å². The number of fused-ring (bicyclic) bond motifs is 1. The van der Waals surface area contributed by atoms with Gasteiger partial charge in [-0.3, -0.25) is 4.79 Å². The zero-order chi connectivity index (χ0) is 22.3. The standard InChI is InChI=1S/C22H19ClFN5O2/c1-29(2)22(30)14-6-11(8-26-20(14)25)15-9-27-21-18(19(15)23)16(10-28-21)13-7-12(24)4-5-17(13)31-3/h4-10H,1-3H3,(H2,25,26)(H,27,28). The molecule has 0 saturated carbocycles. The molecule has 3 aromatic heterocycles. The molecule has 0 radical (unpaired) electrons. The second-order valence-corrected chi connectivity index (χ2v) is 7.49. The van der Waals surface area contributed by atoms with Gasteiger partial charge in [-0.1, -0.05) is 11.6 Å². The Hall–Kier alpha value is -3.65. The number of nitrogens with zero attached hydrogens (tertiary/aromatic N) is 3. The van der Waals surface area contributed by atoms with Gasteiger partial charge in [-0.2, -0.15) is 0 Å². The first-order valence-electron chi connectivity index (χ1n) is 9.28. The summed E-state index contributed by atoms with van der Waals surface area (Å²) in [5.74, 6) is -0.0555. The maximum Gasteiger partial charge on any atom is 0.257 e. The number of methoxy groups -OCH3 is 1. The van der Waals surface area contributed by atoms with E-state index < -0.39 is 5.82 Å². The normalized spacial score (nSPS) is 11.0. The number of hydrogen-bond acceptors (Lipinski definition) is 5. The number of ether oxygens (including phenoxy) is 1. The molecule has 0 unspecified atom stereocenters. The van der Waals surface area contributed by atoms with Crippen molar-refractivity contribution in [1.82, 2.24) is 19.9 Å². The van der Waals surface area contributed by atoms with Crippen LogP contribution in [-0.2, 0) is 0 Å². The minimum Gasteiger partial charge on any atom is -0.496 e. The summed E-state index contributed by atoms with van der Waals surface area (Å²) >= 11 is 6.79. The molecule has 0 aliphatic rings. The number of benzene rings is 1. The molecule has 3 heterocycles. The Bertz CT molecular complexity index is 1320. The third kappa shape index (κ3) is 3.55. The van der Waals surface area contributed by atoms with E-state index in [1.165, 1.54) is 30.3 Å². The molecule has 1 amide bonds. The predicted molar refractivity (Wildman–Crippen MR) is 119 cm³/mol. The Morgan fingerprint density at radius 1 is 1.16 bits per heavy atom. The van der Waals surface area contributed by atoms with Crippen LogP contribution in [0.2, 0.25) is 5.02 Å². The van der Waals surface area contributed by atoms with Gasteiger partial charge in [-0.05, 0) is 24.3 Å². The molecule has 0 aliphatic heterocycles. The lowest BCUT2D eigenvalue weighted by Crippen LogP contribution is -2.23. The van der Waals surface area contributed by atoms with Gasteiger partial charge < -0.3 is 20.4 Å². The number of pyridine rings is 2. The molecule has 0 fully saturated rings. The summed E-state index contributed by atoms with van der Waals surface area (Å²) in [6, 6.07) is 5.89. The predicted octanol–water partition coefficient (Wildman–Crippen LogP) is 4.38. The number of aromatic nitrogens is 3. The highest BCUT2D eigenvalue weighted by atomic mass is 35.5. The van der Waals surface area contributed by atoms with E-state index in [0.717, 1.165) is 0 Å². The van der Waals surface area contributed by atoms with Crippen molar-refractivity contribution in [2.24, 2.45) is 0 Å². The molecule has 158 valence electrons. The lowest BCUT2D eigenvalue weighted by molar-refractivity contribution is 0.0828. The van der Waals surface area contributed by atoms with Gasteiger partial charge in [0.1, 0.15) is 23.0 Å². The molecule has 3 N–H and O–H groups in total. The van der Waals surface area contributed by atoms with E-state index in [1.807, 2.05) is 0 Å². The smallest absolute Gasteiger partial charge is 0.257 e. The van der Waals surface area contributed by atoms with Gasteiger partial charge in [-0.15, -0.1) is 0 Å². The number of aromatic amines is 1. The number of H-pyrrole nitrogens is 1. The Morgan fingerprint density at radius 2 is 1.94 bits per heavy atom. The van der Waals surface area contributed by atoms with Crippen molar-refractivity contribution in [2.45, 2.75) is 0 Å². The van der Waals surface area contributed by atoms with Crippen molar-refractivity contribution in [3.05, 3.63) is 59.3 Å². The molecule has 0 aliphatic carbocycles. The van der Waals surface area contributed by atoms with Crippen LogP contribution in [0.15, 0.2) is 42.9 Å². The molecule has 9 heteroatoms. The molecular formula is C22H19ClFN5O2. The fourth-order valence-electron chi connectivity index (χ4n) is 3.40. The van der Waals surface area contributed by atoms with Crippen molar-refractivity contribution in [3.63, 3.8) is 0 Å². The van der Waals surface area contributed by atoms with E-state index >= 15 is 0 Å². The van der Waals surface area contributed by atoms with Crippen LogP contribution in [0.3, 0.4) is 0 Å². The van der Waals surface area contributed by atoms with Gasteiger partial charge in [-0.25, -0.2) is 14.4 Å². The van der Waals surface area contributed by atoms with Crippen molar-refractivity contribution in [2.75, 3.05) is 26.9 Å². The molecule has 0 spiro atoms.